The Morgan fingerprint density at radius 2 is 0.529 bits per heavy atom. The molecule has 17 heavy (non-hydrogen) atoms. The van der Waals surface area contributed by atoms with Crippen molar-refractivity contribution in [2.24, 2.45) is 0 Å². The summed E-state index contributed by atoms with van der Waals surface area (Å²) in [6.45, 7) is 0. The van der Waals surface area contributed by atoms with Crippen molar-refractivity contribution in [1.82, 2.24) is 0 Å². The molecule has 0 spiro atoms. The van der Waals surface area contributed by atoms with Crippen molar-refractivity contribution >= 4 is 69.6 Å². The summed E-state index contributed by atoms with van der Waals surface area (Å²) in [5.41, 5.74) is 0. The average Bonchev–Trinajstić information content (AvgIpc) is 2.18. The Bertz CT molecular complexity index is 177. The first-order chi connectivity index (χ1) is 7.46. The molecule has 104 valence electrons. The molecule has 1 saturated carbocycles. The second-order valence-electron chi connectivity index (χ2n) is 3.27. The zero-order valence-corrected chi connectivity index (χ0v) is 14.1. The molecule has 0 bridgehead atoms. The molecule has 0 aromatic heterocycles. The second-order valence-corrected chi connectivity index (χ2v) is 8.16. The minimum atomic E-state index is -5.00. The van der Waals surface area contributed by atoms with Crippen LogP contribution in [0.15, 0.2) is 0 Å². The number of hydrogen-bond donors (Lipinski definition) is 4. The first-order valence-electron chi connectivity index (χ1n) is 4.20. The van der Waals surface area contributed by atoms with Crippen LogP contribution < -0.4 is 0 Å². The fourth-order valence-corrected chi connectivity index (χ4v) is 3.38. The maximum absolute atomic E-state index is 7.38. The molecule has 0 unspecified atom stereocenters. The third-order valence-corrected chi connectivity index (χ3v) is 5.86. The molecule has 1 aliphatic carbocycles. The molecule has 0 amide bonds. The third kappa shape index (κ3) is 7.03. The Morgan fingerprint density at radius 3 is 0.588 bits per heavy atom. The van der Waals surface area contributed by atoms with E-state index in [9.17, 15) is 0 Å². The van der Waals surface area contributed by atoms with Gasteiger partial charge in [0.1, 0.15) is 0 Å². The van der Waals surface area contributed by atoms with E-state index < -0.39 is 50.4 Å². The Morgan fingerprint density at radius 1 is 0.471 bits per heavy atom. The van der Waals surface area contributed by atoms with Crippen LogP contribution in [0.1, 0.15) is 0 Å². The van der Waals surface area contributed by atoms with Crippen molar-refractivity contribution in [1.29, 1.82) is 0 Å². The first kappa shape index (κ1) is 19.3. The molecule has 0 saturated heterocycles. The molecule has 0 radical (unpaired) electrons. The molecule has 1 rings (SSSR count). The van der Waals surface area contributed by atoms with E-state index in [2.05, 4.69) is 0 Å². The molecular weight excluding hydrogens is 397 g/mol. The van der Waals surface area contributed by atoms with Crippen LogP contribution in [0, 0.1) is 0 Å². The standard InChI is InChI=1S/C6H6Cl6.4H2O.Ti/c7-1-2(8)4(10)6(12)5(11)3(1)9;;;;;/h1-6H;4*1H2;/q;;;;;+4/p-4/t1-,2-,3-,4+,5+,6+;;;;;. The molecule has 4 nitrogen and oxygen atoms in total. The predicted octanol–water partition coefficient (Wildman–Crippen LogP) is 1.41. The zero-order chi connectivity index (χ0) is 14.0. The number of halogens is 6. The normalized spacial score (nSPS) is 42.7. The van der Waals surface area contributed by atoms with Gasteiger partial charge in [-0.3, -0.25) is 0 Å². The van der Waals surface area contributed by atoms with Gasteiger partial charge in [0, 0.05) is 0 Å². The van der Waals surface area contributed by atoms with Gasteiger partial charge in [-0.1, -0.05) is 0 Å². The third-order valence-electron chi connectivity index (χ3n) is 1.83. The van der Waals surface area contributed by atoms with E-state index in [0.717, 1.165) is 0 Å². The van der Waals surface area contributed by atoms with Crippen LogP contribution in [0.25, 0.3) is 0 Å². The van der Waals surface area contributed by atoms with Crippen molar-refractivity contribution in [3.63, 3.8) is 0 Å². The van der Waals surface area contributed by atoms with Gasteiger partial charge in [-0.05, 0) is 0 Å². The van der Waals surface area contributed by atoms with Crippen LogP contribution in [0.4, 0.5) is 0 Å². The average molecular weight is 407 g/mol. The maximum atomic E-state index is 7.38. The number of alkyl halides is 6. The van der Waals surface area contributed by atoms with Crippen LogP contribution in [0.3, 0.4) is 0 Å². The Hall–Kier alpha value is 2.29. The second kappa shape index (κ2) is 7.91. The summed E-state index contributed by atoms with van der Waals surface area (Å²) in [5, 5.41) is -2.62. The van der Waals surface area contributed by atoms with Crippen LogP contribution in [0.5, 0.6) is 0 Å². The Kier molecular flexibility index (Phi) is 8.98. The zero-order valence-electron chi connectivity index (χ0n) is 8.02. The van der Waals surface area contributed by atoms with Gasteiger partial charge in [-0.2, -0.15) is 0 Å². The molecule has 0 aliphatic heterocycles. The fraction of sp³-hybridized carbons (Fsp3) is 1.00. The topological polar surface area (TPSA) is 80.9 Å². The fourth-order valence-electron chi connectivity index (χ4n) is 1.05. The van der Waals surface area contributed by atoms with E-state index in [4.69, 9.17) is 84.4 Å². The molecule has 4 N–H and O–H groups in total. The van der Waals surface area contributed by atoms with Gasteiger partial charge in [0.05, 0.1) is 32.3 Å². The predicted molar refractivity (Wildman–Crippen MR) is 66.7 cm³/mol. The van der Waals surface area contributed by atoms with Gasteiger partial charge in [0.15, 0.2) is 0 Å². The summed E-state index contributed by atoms with van der Waals surface area (Å²) in [5.74, 6) is 0. The van der Waals surface area contributed by atoms with Gasteiger partial charge in [0.25, 0.3) is 0 Å². The molecule has 0 aromatic carbocycles. The molecule has 1 fully saturated rings. The quantitative estimate of drug-likeness (QED) is 0.362. The molecule has 11 heteroatoms. The van der Waals surface area contributed by atoms with Crippen molar-refractivity contribution in [2.75, 3.05) is 0 Å². The van der Waals surface area contributed by atoms with E-state index in [-0.39, 0.29) is 0 Å². The van der Waals surface area contributed by atoms with E-state index >= 15 is 0 Å². The molecule has 1 aliphatic rings. The van der Waals surface area contributed by atoms with E-state index in [1.165, 1.54) is 0 Å². The van der Waals surface area contributed by atoms with Crippen molar-refractivity contribution < 1.29 is 32.9 Å². The monoisotopic (exact) mass is 404 g/mol. The van der Waals surface area contributed by atoms with Gasteiger partial charge in [-0.25, -0.2) is 0 Å². The van der Waals surface area contributed by atoms with E-state index in [1.54, 1.807) is 0 Å². The van der Waals surface area contributed by atoms with Crippen LogP contribution >= 0.6 is 69.6 Å². The summed E-state index contributed by atoms with van der Waals surface area (Å²) in [4.78, 5) is 0. The number of hydrogen-bond acceptors (Lipinski definition) is 4. The Balaban J connectivity index is 0.000000437. The minimum absolute atomic E-state index is 0.437. The van der Waals surface area contributed by atoms with Crippen molar-refractivity contribution in [3.8, 4) is 0 Å². The van der Waals surface area contributed by atoms with Crippen LogP contribution in [0.2, 0.25) is 0 Å². The van der Waals surface area contributed by atoms with Crippen LogP contribution in [-0.4, -0.2) is 47.0 Å². The molecular formula is C6H10Cl6O4Ti. The van der Waals surface area contributed by atoms with Crippen molar-refractivity contribution in [3.05, 3.63) is 0 Å². The summed E-state index contributed by atoms with van der Waals surface area (Å²) >= 11 is 30.3. The summed E-state index contributed by atoms with van der Waals surface area (Å²) in [6, 6.07) is 0. The summed E-state index contributed by atoms with van der Waals surface area (Å²) in [7, 11) is 0. The number of rotatable bonds is 0. The molecule has 0 aromatic rings. The molecule has 0 atom stereocenters. The summed E-state index contributed by atoms with van der Waals surface area (Å²) < 4.78 is 29.5. The van der Waals surface area contributed by atoms with E-state index in [1.807, 2.05) is 0 Å². The van der Waals surface area contributed by atoms with Gasteiger partial charge >= 0.3 is 32.9 Å². The van der Waals surface area contributed by atoms with Crippen molar-refractivity contribution in [2.45, 2.75) is 32.3 Å². The molecule has 0 heterocycles. The van der Waals surface area contributed by atoms with E-state index in [0.29, 0.717) is 0 Å². The van der Waals surface area contributed by atoms with Gasteiger partial charge < -0.3 is 0 Å². The van der Waals surface area contributed by atoms with Gasteiger partial charge in [-0.15, -0.1) is 69.6 Å². The SMILES string of the molecule is Cl[C@H]1[C@H](Cl)[C@@H](Cl)[C@@H](Cl)[C@H](Cl)[C@H]1Cl.[OH][Ti]([OH])([OH])[OH]. The Labute approximate surface area is 134 Å². The van der Waals surface area contributed by atoms with Gasteiger partial charge in [0.2, 0.25) is 0 Å². The van der Waals surface area contributed by atoms with Crippen LogP contribution in [-0.2, 0) is 18.1 Å². The summed E-state index contributed by atoms with van der Waals surface area (Å²) in [6.07, 6.45) is 0. The first-order valence-corrected chi connectivity index (χ1v) is 9.62.